The van der Waals surface area contributed by atoms with Crippen LogP contribution < -0.4 is 21.1 Å². The molecule has 0 N–H and O–H groups in total. The van der Waals surface area contributed by atoms with Crippen molar-refractivity contribution in [3.63, 3.8) is 0 Å². The Morgan fingerprint density at radius 1 is 0.432 bits per heavy atom. The van der Waals surface area contributed by atoms with Crippen LogP contribution in [0.1, 0.15) is 0 Å². The van der Waals surface area contributed by atoms with E-state index in [0.29, 0.717) is 0 Å². The van der Waals surface area contributed by atoms with Crippen molar-refractivity contribution < 1.29 is 0 Å². The first-order valence-electron chi connectivity index (χ1n) is 13.0. The lowest BCUT2D eigenvalue weighted by Gasteiger charge is -2.28. The molecule has 37 heavy (non-hydrogen) atoms. The van der Waals surface area contributed by atoms with Crippen LogP contribution in [0, 0.1) is 0 Å². The molecule has 0 atom stereocenters. The second-order valence-corrected chi connectivity index (χ2v) is 17.9. The minimum Gasteiger partial charge on any atom is -0.0656 e. The molecule has 0 aliphatic rings. The molecule has 0 fully saturated rings. The normalized spacial score (nSPS) is 11.9. The van der Waals surface area contributed by atoms with Crippen LogP contribution in [0.5, 0.6) is 0 Å². The maximum Gasteiger partial charge on any atom is 0.0784 e. The van der Waals surface area contributed by atoms with Gasteiger partial charge in [0.15, 0.2) is 0 Å². The van der Waals surface area contributed by atoms with Crippen molar-refractivity contribution in [3.05, 3.63) is 133 Å². The lowest BCUT2D eigenvalue weighted by molar-refractivity contribution is 1.68. The van der Waals surface area contributed by atoms with Crippen LogP contribution in [-0.2, 0) is 0 Å². The Kier molecular flexibility index (Phi) is 6.28. The Labute approximate surface area is 222 Å². The lowest BCUT2D eigenvalue weighted by atomic mass is 9.93. The molecular formula is C35H31PSi. The highest BCUT2D eigenvalue weighted by atomic mass is 31.1. The molecule has 0 unspecified atom stereocenters. The zero-order valence-electron chi connectivity index (χ0n) is 21.6. The van der Waals surface area contributed by atoms with E-state index < -0.39 is 16.0 Å². The predicted octanol–water partition coefficient (Wildman–Crippen LogP) is 7.96. The summed E-state index contributed by atoms with van der Waals surface area (Å²) >= 11 is 0. The minimum absolute atomic E-state index is 0.752. The molecule has 2 heteroatoms. The number of hydrogen-bond donors (Lipinski definition) is 0. The van der Waals surface area contributed by atoms with Crippen molar-refractivity contribution >= 4 is 58.6 Å². The maximum absolute atomic E-state index is 2.47. The molecule has 0 spiro atoms. The fourth-order valence-electron chi connectivity index (χ4n) is 5.46. The van der Waals surface area contributed by atoms with Gasteiger partial charge in [0, 0.05) is 0 Å². The van der Waals surface area contributed by atoms with Crippen LogP contribution >= 0.6 is 7.92 Å². The SMILES string of the molecule is C[Si](C)(C)c1ccc2ccccc2c1-c1c(P(c2ccccc2)c2ccccc2)ccc2ccccc12. The molecule has 0 aromatic heterocycles. The average Bonchev–Trinajstić information content (AvgIpc) is 2.93. The van der Waals surface area contributed by atoms with Gasteiger partial charge < -0.3 is 0 Å². The Morgan fingerprint density at radius 2 is 0.892 bits per heavy atom. The van der Waals surface area contributed by atoms with Gasteiger partial charge in [-0.05, 0) is 56.5 Å². The minimum atomic E-state index is -1.67. The average molecular weight is 511 g/mol. The van der Waals surface area contributed by atoms with Crippen LogP contribution in [0.15, 0.2) is 133 Å². The zero-order chi connectivity index (χ0) is 25.4. The number of hydrogen-bond acceptors (Lipinski definition) is 0. The van der Waals surface area contributed by atoms with Crippen LogP contribution in [0.4, 0.5) is 0 Å². The molecule has 0 saturated carbocycles. The van der Waals surface area contributed by atoms with E-state index in [4.69, 9.17) is 0 Å². The van der Waals surface area contributed by atoms with Gasteiger partial charge in [-0.2, -0.15) is 0 Å². The molecule has 180 valence electrons. The van der Waals surface area contributed by atoms with Gasteiger partial charge in [-0.1, -0.05) is 158 Å². The highest BCUT2D eigenvalue weighted by Gasteiger charge is 2.28. The third-order valence-electron chi connectivity index (χ3n) is 7.16. The van der Waals surface area contributed by atoms with Crippen molar-refractivity contribution in [2.24, 2.45) is 0 Å². The second kappa shape index (κ2) is 9.75. The van der Waals surface area contributed by atoms with E-state index in [0.717, 1.165) is 0 Å². The molecule has 6 aromatic carbocycles. The van der Waals surface area contributed by atoms with E-state index in [1.54, 1.807) is 0 Å². The van der Waals surface area contributed by atoms with E-state index in [9.17, 15) is 0 Å². The molecule has 0 bridgehead atoms. The molecular weight excluding hydrogens is 479 g/mol. The number of benzene rings is 6. The first kappa shape index (κ1) is 23.9. The van der Waals surface area contributed by atoms with Crippen LogP contribution in [0.3, 0.4) is 0 Å². The molecule has 0 saturated heterocycles. The molecule has 0 radical (unpaired) electrons. The summed E-state index contributed by atoms with van der Waals surface area (Å²) in [6.07, 6.45) is 0. The van der Waals surface area contributed by atoms with Gasteiger partial charge in [-0.3, -0.25) is 0 Å². The van der Waals surface area contributed by atoms with Crippen molar-refractivity contribution in [1.82, 2.24) is 0 Å². The monoisotopic (exact) mass is 510 g/mol. The van der Waals surface area contributed by atoms with E-state index in [1.165, 1.54) is 53.8 Å². The Bertz CT molecular complexity index is 1660. The van der Waals surface area contributed by atoms with Gasteiger partial charge in [0.25, 0.3) is 0 Å². The second-order valence-electron chi connectivity index (χ2n) is 10.6. The van der Waals surface area contributed by atoms with Crippen molar-refractivity contribution in [3.8, 4) is 11.1 Å². The van der Waals surface area contributed by atoms with Gasteiger partial charge in [0.2, 0.25) is 0 Å². The lowest BCUT2D eigenvalue weighted by Crippen LogP contribution is -2.39. The highest BCUT2D eigenvalue weighted by molar-refractivity contribution is 7.80. The van der Waals surface area contributed by atoms with Crippen molar-refractivity contribution in [2.45, 2.75) is 19.6 Å². The summed E-state index contributed by atoms with van der Waals surface area (Å²) in [5.74, 6) is 0. The van der Waals surface area contributed by atoms with E-state index >= 15 is 0 Å². The summed E-state index contributed by atoms with van der Waals surface area (Å²) in [5.41, 5.74) is 2.84. The first-order chi connectivity index (χ1) is 18.0. The predicted molar refractivity (Wildman–Crippen MR) is 169 cm³/mol. The summed E-state index contributed by atoms with van der Waals surface area (Å²) in [7, 11) is -2.43. The first-order valence-corrected chi connectivity index (χ1v) is 17.8. The van der Waals surface area contributed by atoms with Gasteiger partial charge in [-0.25, -0.2) is 0 Å². The summed E-state index contributed by atoms with van der Waals surface area (Å²) < 4.78 is 0. The standard InChI is InChI=1S/C35H31PSi/c1-37(2,3)33-25-23-27-15-11-13-21-31(27)35(33)34-30-20-12-10-14-26(30)22-24-32(34)36(28-16-6-4-7-17-28)29-18-8-5-9-19-29/h4-25H,1-3H3. The molecule has 6 rings (SSSR count). The van der Waals surface area contributed by atoms with Gasteiger partial charge >= 0.3 is 0 Å². The number of rotatable bonds is 5. The summed E-state index contributed by atoms with van der Waals surface area (Å²) in [6, 6.07) is 49.6. The highest BCUT2D eigenvalue weighted by Crippen LogP contribution is 2.42. The zero-order valence-corrected chi connectivity index (χ0v) is 23.5. The summed E-state index contributed by atoms with van der Waals surface area (Å²) in [6.45, 7) is 7.42. The quantitative estimate of drug-likeness (QED) is 0.163. The smallest absolute Gasteiger partial charge is 0.0656 e. The molecule has 0 heterocycles. The fraction of sp³-hybridized carbons (Fsp3) is 0.0857. The molecule has 6 aromatic rings. The van der Waals surface area contributed by atoms with Crippen LogP contribution in [0.2, 0.25) is 19.6 Å². The summed E-state index contributed by atoms with van der Waals surface area (Å²) in [5, 5.41) is 11.0. The van der Waals surface area contributed by atoms with Crippen molar-refractivity contribution in [1.29, 1.82) is 0 Å². The fourth-order valence-corrected chi connectivity index (χ4v) is 9.52. The third kappa shape index (κ3) is 4.44. The number of fused-ring (bicyclic) bond motifs is 2. The van der Waals surface area contributed by atoms with Gasteiger partial charge in [0.1, 0.15) is 0 Å². The van der Waals surface area contributed by atoms with Crippen LogP contribution in [0.25, 0.3) is 32.7 Å². The Balaban J connectivity index is 1.80. The summed E-state index contributed by atoms with van der Waals surface area (Å²) in [4.78, 5) is 0. The third-order valence-corrected chi connectivity index (χ3v) is 11.7. The van der Waals surface area contributed by atoms with Crippen molar-refractivity contribution in [2.75, 3.05) is 0 Å². The largest absolute Gasteiger partial charge is 0.0784 e. The van der Waals surface area contributed by atoms with E-state index in [-0.39, 0.29) is 0 Å². The van der Waals surface area contributed by atoms with Gasteiger partial charge in [0.05, 0.1) is 8.07 Å². The van der Waals surface area contributed by atoms with E-state index in [1.807, 2.05) is 0 Å². The molecule has 0 nitrogen and oxygen atoms in total. The Hall–Kier alpha value is -3.51. The molecule has 0 amide bonds. The van der Waals surface area contributed by atoms with Crippen LogP contribution in [-0.4, -0.2) is 8.07 Å². The molecule has 0 aliphatic carbocycles. The van der Waals surface area contributed by atoms with E-state index in [2.05, 4.69) is 153 Å². The molecule has 0 aliphatic heterocycles. The maximum atomic E-state index is 2.47. The van der Waals surface area contributed by atoms with Gasteiger partial charge in [-0.15, -0.1) is 0 Å². The topological polar surface area (TPSA) is 0 Å². The Morgan fingerprint density at radius 3 is 1.43 bits per heavy atom.